The highest BCUT2D eigenvalue weighted by Gasteiger charge is 2.21. The summed E-state index contributed by atoms with van der Waals surface area (Å²) >= 11 is 0. The van der Waals surface area contributed by atoms with Gasteiger partial charge in [0, 0.05) is 24.1 Å². The predicted molar refractivity (Wildman–Crippen MR) is 64.4 cm³/mol. The van der Waals surface area contributed by atoms with E-state index < -0.39 is 0 Å². The molecule has 1 aliphatic carbocycles. The molecule has 3 rings (SSSR count). The first-order valence-corrected chi connectivity index (χ1v) is 5.74. The van der Waals surface area contributed by atoms with Crippen LogP contribution in [0.1, 0.15) is 18.4 Å². The maximum Gasteiger partial charge on any atom is 0.0679 e. The first-order valence-electron chi connectivity index (χ1n) is 5.74. The van der Waals surface area contributed by atoms with Gasteiger partial charge in [0.05, 0.1) is 6.54 Å². The summed E-state index contributed by atoms with van der Waals surface area (Å²) in [4.78, 5) is 0. The zero-order valence-corrected chi connectivity index (χ0v) is 9.13. The molecule has 0 spiro atoms. The van der Waals surface area contributed by atoms with Crippen LogP contribution in [-0.2, 0) is 6.54 Å². The van der Waals surface area contributed by atoms with Crippen LogP contribution in [0.5, 0.6) is 0 Å². The molecular formula is C13H15N3. The van der Waals surface area contributed by atoms with Gasteiger partial charge >= 0.3 is 0 Å². The fourth-order valence-electron chi connectivity index (χ4n) is 1.82. The maximum atomic E-state index is 4.24. The van der Waals surface area contributed by atoms with E-state index in [1.54, 1.807) is 0 Å². The fourth-order valence-corrected chi connectivity index (χ4v) is 1.82. The minimum atomic E-state index is 0.693. The molecule has 3 heteroatoms. The lowest BCUT2D eigenvalue weighted by Gasteiger charge is -2.11. The lowest BCUT2D eigenvalue weighted by molar-refractivity contribution is 0.687. The van der Waals surface area contributed by atoms with Crippen LogP contribution in [0, 0.1) is 0 Å². The van der Waals surface area contributed by atoms with Crippen molar-refractivity contribution < 1.29 is 0 Å². The van der Waals surface area contributed by atoms with Gasteiger partial charge in [-0.3, -0.25) is 4.68 Å². The number of aromatic nitrogens is 2. The summed E-state index contributed by atoms with van der Waals surface area (Å²) in [7, 11) is 0. The van der Waals surface area contributed by atoms with E-state index in [0.29, 0.717) is 6.04 Å². The monoisotopic (exact) mass is 213 g/mol. The van der Waals surface area contributed by atoms with Gasteiger partial charge in [0.1, 0.15) is 0 Å². The Balaban J connectivity index is 1.81. The highest BCUT2D eigenvalue weighted by Crippen LogP contribution is 2.26. The Kier molecular flexibility index (Phi) is 2.37. The van der Waals surface area contributed by atoms with Gasteiger partial charge in [-0.2, -0.15) is 5.10 Å². The minimum absolute atomic E-state index is 0.693. The highest BCUT2D eigenvalue weighted by molar-refractivity contribution is 5.52. The maximum absolute atomic E-state index is 4.24. The first kappa shape index (κ1) is 9.46. The zero-order chi connectivity index (χ0) is 10.8. The van der Waals surface area contributed by atoms with E-state index in [-0.39, 0.29) is 0 Å². The molecule has 0 bridgehead atoms. The number of benzene rings is 1. The molecule has 1 fully saturated rings. The van der Waals surface area contributed by atoms with Gasteiger partial charge in [-0.25, -0.2) is 0 Å². The van der Waals surface area contributed by atoms with E-state index in [1.807, 2.05) is 23.1 Å². The summed E-state index contributed by atoms with van der Waals surface area (Å²) in [6.45, 7) is 0.836. The summed E-state index contributed by atoms with van der Waals surface area (Å²) in [5, 5.41) is 7.79. The Bertz CT molecular complexity index is 458. The van der Waals surface area contributed by atoms with Crippen LogP contribution in [0.4, 0.5) is 5.69 Å². The van der Waals surface area contributed by atoms with Crippen molar-refractivity contribution in [2.45, 2.75) is 25.4 Å². The molecule has 2 aromatic rings. The van der Waals surface area contributed by atoms with Crippen LogP contribution in [-0.4, -0.2) is 15.8 Å². The SMILES string of the molecule is c1ccc(NC2CC2)c(Cn2cccn2)c1. The standard InChI is InChI=1S/C13H15N3/c1-2-5-13(15-12-6-7-12)11(4-1)10-16-9-3-8-14-16/h1-5,8-9,12,15H,6-7,10H2. The van der Waals surface area contributed by atoms with E-state index in [0.717, 1.165) is 6.54 Å². The van der Waals surface area contributed by atoms with Crippen molar-refractivity contribution in [3.05, 3.63) is 48.3 Å². The minimum Gasteiger partial charge on any atom is -0.382 e. The Labute approximate surface area is 95.1 Å². The van der Waals surface area contributed by atoms with Gasteiger partial charge in [-0.15, -0.1) is 0 Å². The second kappa shape index (κ2) is 4.00. The van der Waals surface area contributed by atoms with Crippen molar-refractivity contribution in [3.8, 4) is 0 Å². The lowest BCUT2D eigenvalue weighted by Crippen LogP contribution is -2.07. The molecule has 82 valence electrons. The molecule has 0 aliphatic heterocycles. The third-order valence-corrected chi connectivity index (χ3v) is 2.85. The second-order valence-corrected chi connectivity index (χ2v) is 4.28. The Morgan fingerprint density at radius 3 is 2.88 bits per heavy atom. The number of hydrogen-bond acceptors (Lipinski definition) is 2. The molecule has 1 aliphatic rings. The van der Waals surface area contributed by atoms with E-state index in [1.165, 1.54) is 24.1 Å². The third-order valence-electron chi connectivity index (χ3n) is 2.85. The van der Waals surface area contributed by atoms with E-state index in [9.17, 15) is 0 Å². The summed E-state index contributed by atoms with van der Waals surface area (Å²) in [6, 6.07) is 11.1. The predicted octanol–water partition coefficient (Wildman–Crippen LogP) is 2.51. The number of rotatable bonds is 4. The average molecular weight is 213 g/mol. The molecule has 1 aromatic heterocycles. The van der Waals surface area contributed by atoms with Crippen molar-refractivity contribution >= 4 is 5.69 Å². The summed E-state index contributed by atoms with van der Waals surface area (Å²) < 4.78 is 1.95. The van der Waals surface area contributed by atoms with Crippen LogP contribution < -0.4 is 5.32 Å². The van der Waals surface area contributed by atoms with E-state index >= 15 is 0 Å². The molecule has 0 saturated heterocycles. The molecule has 1 N–H and O–H groups in total. The van der Waals surface area contributed by atoms with Crippen LogP contribution in [0.25, 0.3) is 0 Å². The summed E-state index contributed by atoms with van der Waals surface area (Å²) in [5.74, 6) is 0. The fraction of sp³-hybridized carbons (Fsp3) is 0.308. The van der Waals surface area contributed by atoms with Gasteiger partial charge in [0.2, 0.25) is 0 Å². The normalized spacial score (nSPS) is 15.0. The Morgan fingerprint density at radius 2 is 2.12 bits per heavy atom. The van der Waals surface area contributed by atoms with E-state index in [4.69, 9.17) is 0 Å². The molecule has 3 nitrogen and oxygen atoms in total. The Morgan fingerprint density at radius 1 is 1.25 bits per heavy atom. The third kappa shape index (κ3) is 2.08. The summed E-state index contributed by atoms with van der Waals surface area (Å²) in [6.07, 6.45) is 6.41. The first-order chi connectivity index (χ1) is 7.92. The molecule has 1 saturated carbocycles. The van der Waals surface area contributed by atoms with Crippen LogP contribution >= 0.6 is 0 Å². The second-order valence-electron chi connectivity index (χ2n) is 4.28. The molecule has 1 aromatic carbocycles. The molecule has 0 unspecified atom stereocenters. The largest absolute Gasteiger partial charge is 0.382 e. The van der Waals surface area contributed by atoms with E-state index in [2.05, 4.69) is 34.7 Å². The molecule has 0 atom stereocenters. The molecule has 16 heavy (non-hydrogen) atoms. The van der Waals surface area contributed by atoms with Crippen LogP contribution in [0.2, 0.25) is 0 Å². The van der Waals surface area contributed by atoms with Crippen LogP contribution in [0.15, 0.2) is 42.7 Å². The van der Waals surface area contributed by atoms with Crippen molar-refractivity contribution in [1.29, 1.82) is 0 Å². The highest BCUT2D eigenvalue weighted by atomic mass is 15.3. The van der Waals surface area contributed by atoms with Crippen molar-refractivity contribution in [2.75, 3.05) is 5.32 Å². The van der Waals surface area contributed by atoms with Gasteiger partial charge in [-0.05, 0) is 30.5 Å². The number of nitrogens with zero attached hydrogens (tertiary/aromatic N) is 2. The topological polar surface area (TPSA) is 29.9 Å². The van der Waals surface area contributed by atoms with Gasteiger partial charge in [-0.1, -0.05) is 18.2 Å². The molecular weight excluding hydrogens is 198 g/mol. The van der Waals surface area contributed by atoms with Crippen molar-refractivity contribution in [1.82, 2.24) is 9.78 Å². The quantitative estimate of drug-likeness (QED) is 0.845. The van der Waals surface area contributed by atoms with Crippen LogP contribution in [0.3, 0.4) is 0 Å². The molecule has 1 heterocycles. The number of para-hydroxylation sites is 1. The molecule has 0 amide bonds. The van der Waals surface area contributed by atoms with Gasteiger partial charge < -0.3 is 5.32 Å². The number of anilines is 1. The lowest BCUT2D eigenvalue weighted by atomic mass is 10.1. The van der Waals surface area contributed by atoms with Crippen molar-refractivity contribution in [2.24, 2.45) is 0 Å². The molecule has 0 radical (unpaired) electrons. The average Bonchev–Trinajstić information content (AvgIpc) is 2.96. The van der Waals surface area contributed by atoms with Gasteiger partial charge in [0.25, 0.3) is 0 Å². The number of nitrogens with one attached hydrogen (secondary N) is 1. The van der Waals surface area contributed by atoms with Crippen molar-refractivity contribution in [3.63, 3.8) is 0 Å². The Hall–Kier alpha value is -1.77. The smallest absolute Gasteiger partial charge is 0.0679 e. The number of hydrogen-bond donors (Lipinski definition) is 1. The van der Waals surface area contributed by atoms with Gasteiger partial charge in [0.15, 0.2) is 0 Å². The zero-order valence-electron chi connectivity index (χ0n) is 9.13. The summed E-state index contributed by atoms with van der Waals surface area (Å²) in [5.41, 5.74) is 2.55.